The van der Waals surface area contributed by atoms with Crippen molar-refractivity contribution in [1.29, 1.82) is 0 Å². The summed E-state index contributed by atoms with van der Waals surface area (Å²) < 4.78 is 11.0. The van der Waals surface area contributed by atoms with Gasteiger partial charge in [-0.05, 0) is 43.4 Å². The first-order valence-corrected chi connectivity index (χ1v) is 10.4. The van der Waals surface area contributed by atoms with Gasteiger partial charge in [-0.3, -0.25) is 4.79 Å². The van der Waals surface area contributed by atoms with E-state index in [1.807, 2.05) is 36.1 Å². The van der Waals surface area contributed by atoms with Crippen molar-refractivity contribution in [2.24, 2.45) is 5.92 Å². The van der Waals surface area contributed by atoms with Crippen LogP contribution in [-0.2, 0) is 16.6 Å². The molecule has 1 aromatic carbocycles. The maximum absolute atomic E-state index is 13.0. The number of hydrogen-bond donors (Lipinski definition) is 0. The molecule has 2 aromatic rings. The van der Waals surface area contributed by atoms with Gasteiger partial charge in [0.2, 0.25) is 11.8 Å². The second-order valence-electron chi connectivity index (χ2n) is 8.38. The molecular formula is C22H29N3O3. The number of likely N-dealkylation sites (tertiary alicyclic amines) is 1. The summed E-state index contributed by atoms with van der Waals surface area (Å²) in [6.45, 7) is 8.21. The fraction of sp³-hybridized carbons (Fsp3) is 0.591. The molecule has 150 valence electrons. The average molecular weight is 383 g/mol. The van der Waals surface area contributed by atoms with Crippen LogP contribution in [0.5, 0.6) is 5.75 Å². The topological polar surface area (TPSA) is 68.5 Å². The predicted octanol–water partition coefficient (Wildman–Crippen LogP) is 3.71. The van der Waals surface area contributed by atoms with Gasteiger partial charge in [0.05, 0.1) is 18.4 Å². The summed E-state index contributed by atoms with van der Waals surface area (Å²) in [5.41, 5.74) is 0.881. The van der Waals surface area contributed by atoms with Gasteiger partial charge in [0.25, 0.3) is 0 Å². The van der Waals surface area contributed by atoms with Crippen LogP contribution in [0.3, 0.4) is 0 Å². The number of ether oxygens (including phenoxy) is 1. The van der Waals surface area contributed by atoms with Gasteiger partial charge in [-0.1, -0.05) is 37.6 Å². The molecule has 1 saturated carbocycles. The zero-order valence-electron chi connectivity index (χ0n) is 17.0. The van der Waals surface area contributed by atoms with Crippen LogP contribution in [0.25, 0.3) is 0 Å². The number of carbonyl (C=O) groups is 1. The van der Waals surface area contributed by atoms with E-state index in [0.29, 0.717) is 31.4 Å². The van der Waals surface area contributed by atoms with Crippen molar-refractivity contribution in [2.45, 2.75) is 57.8 Å². The van der Waals surface area contributed by atoms with Crippen molar-refractivity contribution in [3.8, 4) is 5.75 Å². The lowest BCUT2D eigenvalue weighted by molar-refractivity contribution is -0.129. The molecule has 0 bridgehead atoms. The summed E-state index contributed by atoms with van der Waals surface area (Å²) in [7, 11) is 0. The number of fused-ring (bicyclic) bond motifs is 1. The highest BCUT2D eigenvalue weighted by Gasteiger charge is 2.54. The third-order valence-electron chi connectivity index (χ3n) is 6.19. The highest BCUT2D eigenvalue weighted by molar-refractivity contribution is 5.79. The van der Waals surface area contributed by atoms with E-state index >= 15 is 0 Å². The summed E-state index contributed by atoms with van der Waals surface area (Å²) in [5.74, 6) is 3.15. The van der Waals surface area contributed by atoms with E-state index in [4.69, 9.17) is 14.2 Å². The summed E-state index contributed by atoms with van der Waals surface area (Å²) in [6.07, 6.45) is 3.73. The first-order valence-electron chi connectivity index (χ1n) is 10.4. The monoisotopic (exact) mass is 383 g/mol. The fourth-order valence-corrected chi connectivity index (χ4v) is 4.67. The highest BCUT2D eigenvalue weighted by atomic mass is 16.5. The van der Waals surface area contributed by atoms with Crippen molar-refractivity contribution in [3.05, 3.63) is 41.5 Å². The van der Waals surface area contributed by atoms with Gasteiger partial charge >= 0.3 is 0 Å². The Morgan fingerprint density at radius 2 is 2.14 bits per heavy atom. The molecule has 0 N–H and O–H groups in total. The third kappa shape index (κ3) is 3.40. The molecule has 2 aliphatic rings. The van der Waals surface area contributed by atoms with E-state index in [2.05, 4.69) is 19.0 Å². The lowest BCUT2D eigenvalue weighted by Crippen LogP contribution is -2.36. The molecular weight excluding hydrogens is 354 g/mol. The summed E-state index contributed by atoms with van der Waals surface area (Å²) in [6, 6.07) is 7.81. The molecule has 28 heavy (non-hydrogen) atoms. The van der Waals surface area contributed by atoms with Gasteiger partial charge < -0.3 is 14.2 Å². The molecule has 1 amide bonds. The Bertz CT molecular complexity index is 830. The van der Waals surface area contributed by atoms with Gasteiger partial charge in [-0.25, -0.2) is 0 Å². The first-order chi connectivity index (χ1) is 13.5. The molecule has 0 unspecified atom stereocenters. The number of amides is 1. The highest BCUT2D eigenvalue weighted by Crippen LogP contribution is 2.49. The van der Waals surface area contributed by atoms with Crippen molar-refractivity contribution in [3.63, 3.8) is 0 Å². The van der Waals surface area contributed by atoms with Gasteiger partial charge in [-0.15, -0.1) is 0 Å². The Labute approximate surface area is 166 Å². The largest absolute Gasteiger partial charge is 0.494 e. The van der Waals surface area contributed by atoms with Gasteiger partial charge in [0.1, 0.15) is 5.75 Å². The van der Waals surface area contributed by atoms with E-state index < -0.39 is 0 Å². The molecule has 2 heterocycles. The Balaban J connectivity index is 1.47. The van der Waals surface area contributed by atoms with Gasteiger partial charge in [0.15, 0.2) is 5.82 Å². The number of carbonyl (C=O) groups excluding carboxylic acids is 1. The van der Waals surface area contributed by atoms with Crippen LogP contribution in [-0.4, -0.2) is 40.6 Å². The Morgan fingerprint density at radius 1 is 1.36 bits per heavy atom. The third-order valence-corrected chi connectivity index (χ3v) is 6.19. The number of aromatic nitrogens is 2. The SMILES string of the molecule is CCOc1ccc(CC(=O)N2C[C@H]3CCC[C@@]3(c3noc(C(C)C)n3)C2)cc1. The minimum Gasteiger partial charge on any atom is -0.494 e. The quantitative estimate of drug-likeness (QED) is 0.760. The number of rotatable bonds is 6. The van der Waals surface area contributed by atoms with Gasteiger partial charge in [0, 0.05) is 19.0 Å². The Kier molecular flexibility index (Phi) is 5.13. The summed E-state index contributed by atoms with van der Waals surface area (Å²) in [4.78, 5) is 19.7. The molecule has 2 atom stereocenters. The minimum absolute atomic E-state index is 0.134. The maximum Gasteiger partial charge on any atom is 0.229 e. The second kappa shape index (κ2) is 7.57. The van der Waals surface area contributed by atoms with Crippen LogP contribution in [0.1, 0.15) is 63.2 Å². The van der Waals surface area contributed by atoms with Crippen molar-refractivity contribution in [1.82, 2.24) is 15.0 Å². The van der Waals surface area contributed by atoms with Crippen molar-refractivity contribution >= 4 is 5.91 Å². The van der Waals surface area contributed by atoms with Crippen LogP contribution in [0.2, 0.25) is 0 Å². The first kappa shape index (κ1) is 19.0. The smallest absolute Gasteiger partial charge is 0.229 e. The van der Waals surface area contributed by atoms with Gasteiger partial charge in [-0.2, -0.15) is 4.98 Å². The Morgan fingerprint density at radius 3 is 2.82 bits per heavy atom. The lowest BCUT2D eigenvalue weighted by Gasteiger charge is -2.24. The minimum atomic E-state index is -0.134. The van der Waals surface area contributed by atoms with E-state index in [0.717, 1.165) is 42.9 Å². The maximum atomic E-state index is 13.0. The van der Waals surface area contributed by atoms with Crippen molar-refractivity contribution < 1.29 is 14.1 Å². The normalized spacial score (nSPS) is 24.0. The predicted molar refractivity (Wildman–Crippen MR) is 105 cm³/mol. The molecule has 1 aliphatic heterocycles. The van der Waals surface area contributed by atoms with Crippen LogP contribution in [0.4, 0.5) is 0 Å². The number of nitrogens with zero attached hydrogens (tertiary/aromatic N) is 3. The molecule has 1 aliphatic carbocycles. The average Bonchev–Trinajstić information content (AvgIpc) is 3.37. The van der Waals surface area contributed by atoms with Crippen LogP contribution in [0.15, 0.2) is 28.8 Å². The molecule has 1 saturated heterocycles. The van der Waals surface area contributed by atoms with Crippen LogP contribution in [0, 0.1) is 5.92 Å². The zero-order valence-corrected chi connectivity index (χ0v) is 17.0. The number of benzene rings is 1. The molecule has 0 spiro atoms. The molecule has 4 rings (SSSR count). The molecule has 1 aromatic heterocycles. The fourth-order valence-electron chi connectivity index (χ4n) is 4.67. The summed E-state index contributed by atoms with van der Waals surface area (Å²) >= 11 is 0. The number of hydrogen-bond acceptors (Lipinski definition) is 5. The lowest BCUT2D eigenvalue weighted by atomic mass is 9.80. The zero-order chi connectivity index (χ0) is 19.7. The Hall–Kier alpha value is -2.37. The van der Waals surface area contributed by atoms with Crippen LogP contribution < -0.4 is 4.74 Å². The molecule has 6 nitrogen and oxygen atoms in total. The van der Waals surface area contributed by atoms with E-state index in [9.17, 15) is 4.79 Å². The van der Waals surface area contributed by atoms with E-state index in [1.54, 1.807) is 0 Å². The van der Waals surface area contributed by atoms with E-state index in [1.165, 1.54) is 0 Å². The van der Waals surface area contributed by atoms with Crippen LogP contribution >= 0.6 is 0 Å². The summed E-state index contributed by atoms with van der Waals surface area (Å²) in [5, 5.41) is 4.32. The van der Waals surface area contributed by atoms with Crippen molar-refractivity contribution in [2.75, 3.05) is 19.7 Å². The standard InChI is InChI=1S/C22H29N3O3/c1-4-27-18-9-7-16(8-10-18)12-19(26)25-13-17-6-5-11-22(17,14-25)21-23-20(15(2)3)28-24-21/h7-10,15,17H,4-6,11-14H2,1-3H3/t17-,22-/m1/s1. The second-order valence-corrected chi connectivity index (χ2v) is 8.38. The molecule has 0 radical (unpaired) electrons. The molecule has 2 fully saturated rings. The molecule has 6 heteroatoms. The van der Waals surface area contributed by atoms with E-state index in [-0.39, 0.29) is 17.2 Å².